The van der Waals surface area contributed by atoms with Crippen LogP contribution in [0.1, 0.15) is 42.1 Å². The summed E-state index contributed by atoms with van der Waals surface area (Å²) >= 11 is 0. The first-order chi connectivity index (χ1) is 14.8. The Morgan fingerprint density at radius 2 is 2.10 bits per heavy atom. The van der Waals surface area contributed by atoms with Gasteiger partial charge >= 0.3 is 5.97 Å². The second-order valence-corrected chi connectivity index (χ2v) is 7.85. The highest BCUT2D eigenvalue weighted by Gasteiger charge is 2.25. The van der Waals surface area contributed by atoms with Gasteiger partial charge < -0.3 is 20.3 Å². The number of ether oxygens (including phenoxy) is 1. The number of halogens is 1. The van der Waals surface area contributed by atoms with E-state index in [2.05, 4.69) is 20.3 Å². The number of nitrogens with one attached hydrogen (secondary N) is 1. The van der Waals surface area contributed by atoms with Gasteiger partial charge in [-0.25, -0.2) is 19.2 Å². The summed E-state index contributed by atoms with van der Waals surface area (Å²) in [7, 11) is 0. The van der Waals surface area contributed by atoms with Crippen LogP contribution < -0.4 is 5.32 Å². The summed E-state index contributed by atoms with van der Waals surface area (Å²) in [5.74, 6) is -1.54. The van der Waals surface area contributed by atoms with Crippen LogP contribution in [0, 0.1) is 5.82 Å². The Bertz CT molecular complexity index is 1140. The molecule has 0 amide bonds. The number of carbonyl (C=O) groups is 1. The summed E-state index contributed by atoms with van der Waals surface area (Å²) in [5, 5.41) is 23.3. The molecule has 2 atom stereocenters. The Labute approximate surface area is 178 Å². The fourth-order valence-corrected chi connectivity index (χ4v) is 3.85. The predicted octanol–water partition coefficient (Wildman–Crippen LogP) is 3.21. The highest BCUT2D eigenvalue weighted by atomic mass is 19.1. The second-order valence-electron chi connectivity index (χ2n) is 7.85. The van der Waals surface area contributed by atoms with Crippen LogP contribution in [0.15, 0.2) is 30.6 Å². The summed E-state index contributed by atoms with van der Waals surface area (Å²) < 4.78 is 19.9. The fraction of sp³-hybridized carbons (Fsp3) is 0.364. The molecule has 0 saturated carbocycles. The minimum Gasteiger partial charge on any atom is -0.478 e. The molecule has 162 valence electrons. The van der Waals surface area contributed by atoms with Crippen LogP contribution >= 0.6 is 0 Å². The number of hydrogen-bond acceptors (Lipinski definition) is 7. The van der Waals surface area contributed by atoms with Crippen LogP contribution in [0.25, 0.3) is 22.2 Å². The third-order valence-electron chi connectivity index (χ3n) is 5.38. The Morgan fingerprint density at radius 3 is 2.81 bits per heavy atom. The zero-order valence-electron chi connectivity index (χ0n) is 17.2. The number of hydrogen-bond donors (Lipinski definition) is 3. The lowest BCUT2D eigenvalue weighted by Gasteiger charge is -2.28. The van der Waals surface area contributed by atoms with Crippen molar-refractivity contribution in [3.05, 3.63) is 47.5 Å². The number of fused-ring (bicyclic) bond motifs is 1. The maximum absolute atomic E-state index is 14.6. The molecule has 0 spiro atoms. The van der Waals surface area contributed by atoms with E-state index in [4.69, 9.17) is 4.74 Å². The number of pyridine rings is 1. The van der Waals surface area contributed by atoms with Gasteiger partial charge in [-0.05, 0) is 30.0 Å². The SMILES string of the molecule is CC(C)c1c(C(=O)O)cnc2ccc(-c3nc(N[C@@H]4CCOC[C@H]4O)ncc3F)cc12. The van der Waals surface area contributed by atoms with E-state index in [1.807, 2.05) is 13.8 Å². The summed E-state index contributed by atoms with van der Waals surface area (Å²) in [4.78, 5) is 24.3. The zero-order valence-corrected chi connectivity index (χ0v) is 17.2. The van der Waals surface area contributed by atoms with Crippen molar-refractivity contribution < 1.29 is 24.1 Å². The van der Waals surface area contributed by atoms with Crippen molar-refractivity contribution in [3.8, 4) is 11.3 Å². The lowest BCUT2D eigenvalue weighted by molar-refractivity contribution is -0.0136. The van der Waals surface area contributed by atoms with Crippen LogP contribution in [-0.4, -0.2) is 56.5 Å². The molecule has 3 heterocycles. The molecule has 0 bridgehead atoms. The van der Waals surface area contributed by atoms with E-state index in [1.54, 1.807) is 18.2 Å². The van der Waals surface area contributed by atoms with Crippen molar-refractivity contribution in [1.82, 2.24) is 15.0 Å². The number of aromatic carboxylic acids is 1. The van der Waals surface area contributed by atoms with Crippen LogP contribution in [0.5, 0.6) is 0 Å². The molecule has 0 radical (unpaired) electrons. The number of aliphatic hydroxyl groups excluding tert-OH is 1. The Kier molecular flexibility index (Phi) is 5.79. The molecular weight excluding hydrogens is 403 g/mol. The molecule has 8 nitrogen and oxygen atoms in total. The predicted molar refractivity (Wildman–Crippen MR) is 113 cm³/mol. The van der Waals surface area contributed by atoms with E-state index >= 15 is 0 Å². The second kappa shape index (κ2) is 8.52. The largest absolute Gasteiger partial charge is 0.478 e. The lowest BCUT2D eigenvalue weighted by Crippen LogP contribution is -2.42. The summed E-state index contributed by atoms with van der Waals surface area (Å²) in [6, 6.07) is 4.83. The minimum atomic E-state index is -1.06. The maximum atomic E-state index is 14.6. The van der Waals surface area contributed by atoms with E-state index in [1.165, 1.54) is 6.20 Å². The highest BCUT2D eigenvalue weighted by molar-refractivity contribution is 5.97. The van der Waals surface area contributed by atoms with Gasteiger partial charge in [0.25, 0.3) is 0 Å². The van der Waals surface area contributed by atoms with E-state index in [0.717, 1.165) is 6.20 Å². The van der Waals surface area contributed by atoms with Crippen LogP contribution in [0.4, 0.5) is 10.3 Å². The molecule has 0 aliphatic carbocycles. The van der Waals surface area contributed by atoms with Crippen molar-refractivity contribution in [2.45, 2.75) is 38.3 Å². The quantitative estimate of drug-likeness (QED) is 0.569. The first-order valence-corrected chi connectivity index (χ1v) is 10.1. The van der Waals surface area contributed by atoms with Gasteiger partial charge in [0.15, 0.2) is 5.82 Å². The Morgan fingerprint density at radius 1 is 1.29 bits per heavy atom. The molecule has 3 N–H and O–H groups in total. The van der Waals surface area contributed by atoms with Crippen LogP contribution in [0.2, 0.25) is 0 Å². The van der Waals surface area contributed by atoms with Crippen molar-refractivity contribution >= 4 is 22.8 Å². The molecule has 1 aromatic carbocycles. The lowest BCUT2D eigenvalue weighted by atomic mass is 9.93. The molecular formula is C22H23FN4O4. The number of carboxylic acids is 1. The van der Waals surface area contributed by atoms with Crippen molar-refractivity contribution in [2.75, 3.05) is 18.5 Å². The number of anilines is 1. The summed E-state index contributed by atoms with van der Waals surface area (Å²) in [6.07, 6.45) is 2.30. The van der Waals surface area contributed by atoms with Gasteiger partial charge in [0.05, 0.1) is 36.0 Å². The van der Waals surface area contributed by atoms with Gasteiger partial charge in [-0.15, -0.1) is 0 Å². The number of benzene rings is 1. The molecule has 9 heteroatoms. The van der Waals surface area contributed by atoms with Gasteiger partial charge in [-0.3, -0.25) is 4.98 Å². The average molecular weight is 426 g/mol. The monoisotopic (exact) mass is 426 g/mol. The number of aromatic nitrogens is 3. The molecule has 2 aromatic heterocycles. The molecule has 4 rings (SSSR count). The van der Waals surface area contributed by atoms with Gasteiger partial charge in [-0.1, -0.05) is 19.9 Å². The van der Waals surface area contributed by atoms with Crippen molar-refractivity contribution in [1.29, 1.82) is 0 Å². The molecule has 31 heavy (non-hydrogen) atoms. The molecule has 1 aliphatic heterocycles. The van der Waals surface area contributed by atoms with Crippen molar-refractivity contribution in [2.24, 2.45) is 0 Å². The van der Waals surface area contributed by atoms with E-state index in [9.17, 15) is 19.4 Å². The normalized spacial score (nSPS) is 19.0. The number of carboxylic acid groups (broad SMARTS) is 1. The maximum Gasteiger partial charge on any atom is 0.337 e. The molecule has 1 fully saturated rings. The third kappa shape index (κ3) is 4.19. The van der Waals surface area contributed by atoms with Gasteiger partial charge in [0.2, 0.25) is 5.95 Å². The standard InChI is InChI=1S/C22H23FN4O4/c1-11(2)19-13-7-12(3-4-16(13)24-8-14(19)21(29)30)20-15(23)9-25-22(27-20)26-17-5-6-31-10-18(17)28/h3-4,7-9,11,17-18,28H,5-6,10H2,1-2H3,(H,29,30)(H,25,26,27)/t17-,18-/m1/s1. The number of aliphatic hydroxyl groups is 1. The van der Waals surface area contributed by atoms with E-state index in [-0.39, 0.29) is 35.8 Å². The van der Waals surface area contributed by atoms with Crippen LogP contribution in [0.3, 0.4) is 0 Å². The van der Waals surface area contributed by atoms with Crippen LogP contribution in [-0.2, 0) is 4.74 Å². The third-order valence-corrected chi connectivity index (χ3v) is 5.38. The molecule has 1 aliphatic rings. The minimum absolute atomic E-state index is 0.0747. The number of rotatable bonds is 5. The van der Waals surface area contributed by atoms with E-state index in [0.29, 0.717) is 35.1 Å². The average Bonchev–Trinajstić information content (AvgIpc) is 2.75. The van der Waals surface area contributed by atoms with Gasteiger partial charge in [0.1, 0.15) is 5.69 Å². The fourth-order valence-electron chi connectivity index (χ4n) is 3.85. The topological polar surface area (TPSA) is 117 Å². The Balaban J connectivity index is 1.77. The van der Waals surface area contributed by atoms with Crippen molar-refractivity contribution in [3.63, 3.8) is 0 Å². The van der Waals surface area contributed by atoms with Gasteiger partial charge in [0, 0.05) is 23.8 Å². The number of nitrogens with zero attached hydrogens (tertiary/aromatic N) is 3. The van der Waals surface area contributed by atoms with Gasteiger partial charge in [-0.2, -0.15) is 0 Å². The smallest absolute Gasteiger partial charge is 0.337 e. The Hall–Kier alpha value is -3.17. The molecule has 0 unspecified atom stereocenters. The van der Waals surface area contributed by atoms with E-state index < -0.39 is 17.9 Å². The molecule has 1 saturated heterocycles. The first-order valence-electron chi connectivity index (χ1n) is 10.1. The first kappa shape index (κ1) is 21.1. The summed E-state index contributed by atoms with van der Waals surface area (Å²) in [6.45, 7) is 4.53. The zero-order chi connectivity index (χ0) is 22.1. The highest BCUT2D eigenvalue weighted by Crippen LogP contribution is 2.32. The molecule has 3 aromatic rings. The summed E-state index contributed by atoms with van der Waals surface area (Å²) in [5.41, 5.74) is 1.94.